The van der Waals surface area contributed by atoms with Gasteiger partial charge in [0.15, 0.2) is 0 Å². The Morgan fingerprint density at radius 3 is 3.06 bits per heavy atom. The molecule has 0 fully saturated rings. The van der Waals surface area contributed by atoms with Crippen LogP contribution in [-0.2, 0) is 24.2 Å². The molecular weight excluding hydrogens is 226 g/mol. The maximum Gasteiger partial charge on any atom is 0.148 e. The van der Waals surface area contributed by atoms with Gasteiger partial charge in [-0.15, -0.1) is 0 Å². The third-order valence-corrected chi connectivity index (χ3v) is 3.57. The Hall–Kier alpha value is -1.97. The van der Waals surface area contributed by atoms with E-state index in [0.717, 1.165) is 18.8 Å². The van der Waals surface area contributed by atoms with E-state index in [1.807, 2.05) is 25.1 Å². The number of aromatic nitrogens is 3. The summed E-state index contributed by atoms with van der Waals surface area (Å²) in [6, 6.07) is 8.15. The summed E-state index contributed by atoms with van der Waals surface area (Å²) in [5.74, 6) is 1.08. The van der Waals surface area contributed by atoms with E-state index in [-0.39, 0.29) is 11.7 Å². The number of rotatable bonds is 4. The van der Waals surface area contributed by atoms with E-state index in [0.29, 0.717) is 6.42 Å². The van der Waals surface area contributed by atoms with Crippen LogP contribution in [0.2, 0.25) is 0 Å². The lowest BCUT2D eigenvalue weighted by molar-refractivity contribution is -0.120. The highest BCUT2D eigenvalue weighted by atomic mass is 16.1. The van der Waals surface area contributed by atoms with Crippen LogP contribution < -0.4 is 0 Å². The highest BCUT2D eigenvalue weighted by Gasteiger charge is 2.31. The minimum atomic E-state index is 0.0585. The number of benzene rings is 1. The van der Waals surface area contributed by atoms with Gasteiger partial charge >= 0.3 is 0 Å². The van der Waals surface area contributed by atoms with Crippen molar-refractivity contribution in [1.82, 2.24) is 14.8 Å². The van der Waals surface area contributed by atoms with Crippen molar-refractivity contribution < 1.29 is 4.79 Å². The molecule has 2 aromatic rings. The monoisotopic (exact) mass is 241 g/mol. The fourth-order valence-electron chi connectivity index (χ4n) is 2.51. The zero-order valence-electron chi connectivity index (χ0n) is 10.3. The second-order valence-corrected chi connectivity index (χ2v) is 4.59. The molecule has 1 unspecified atom stereocenters. The molecular formula is C14H15N3O. The van der Waals surface area contributed by atoms with Crippen molar-refractivity contribution in [3.63, 3.8) is 0 Å². The van der Waals surface area contributed by atoms with Gasteiger partial charge in [0, 0.05) is 12.5 Å². The molecule has 1 aliphatic carbocycles. The first-order chi connectivity index (χ1) is 8.79. The molecule has 92 valence electrons. The number of carbonyl (C=O) groups is 1. The average molecular weight is 241 g/mol. The fourth-order valence-corrected chi connectivity index (χ4v) is 2.51. The molecule has 4 nitrogen and oxygen atoms in total. The summed E-state index contributed by atoms with van der Waals surface area (Å²) in [6.07, 6.45) is 2.77. The molecule has 1 aromatic carbocycles. The van der Waals surface area contributed by atoms with Crippen molar-refractivity contribution in [3.05, 3.63) is 47.5 Å². The highest BCUT2D eigenvalue weighted by molar-refractivity contribution is 5.89. The molecule has 0 spiro atoms. The van der Waals surface area contributed by atoms with Crippen molar-refractivity contribution in [2.45, 2.75) is 32.2 Å². The molecule has 0 amide bonds. The summed E-state index contributed by atoms with van der Waals surface area (Å²) in [6.45, 7) is 2.76. The second-order valence-electron chi connectivity index (χ2n) is 4.59. The zero-order valence-corrected chi connectivity index (χ0v) is 10.3. The fraction of sp³-hybridized carbons (Fsp3) is 0.357. The quantitative estimate of drug-likeness (QED) is 0.819. The van der Waals surface area contributed by atoms with Crippen LogP contribution in [0.1, 0.15) is 29.8 Å². The Labute approximate surface area is 106 Å². The molecule has 0 saturated heterocycles. The number of ketones is 1. The molecule has 0 saturated carbocycles. The summed E-state index contributed by atoms with van der Waals surface area (Å²) in [4.78, 5) is 16.4. The Morgan fingerprint density at radius 2 is 2.28 bits per heavy atom. The van der Waals surface area contributed by atoms with Gasteiger partial charge in [0.25, 0.3) is 0 Å². The Balaban J connectivity index is 1.75. The lowest BCUT2D eigenvalue weighted by atomic mass is 9.74. The van der Waals surface area contributed by atoms with Crippen LogP contribution in [0.5, 0.6) is 0 Å². The lowest BCUT2D eigenvalue weighted by Gasteiger charge is -2.28. The smallest absolute Gasteiger partial charge is 0.148 e. The van der Waals surface area contributed by atoms with Crippen molar-refractivity contribution in [2.24, 2.45) is 0 Å². The SMILES string of the molecule is CCn1ncnc1CC(=O)C1Cc2ccccc21. The van der Waals surface area contributed by atoms with Crippen LogP contribution in [0.4, 0.5) is 0 Å². The van der Waals surface area contributed by atoms with Gasteiger partial charge in [-0.05, 0) is 24.5 Å². The maximum atomic E-state index is 12.2. The second kappa shape index (κ2) is 4.37. The van der Waals surface area contributed by atoms with Crippen molar-refractivity contribution in [2.75, 3.05) is 0 Å². The van der Waals surface area contributed by atoms with Crippen molar-refractivity contribution in [1.29, 1.82) is 0 Å². The van der Waals surface area contributed by atoms with E-state index in [9.17, 15) is 4.79 Å². The van der Waals surface area contributed by atoms with Crippen molar-refractivity contribution in [3.8, 4) is 0 Å². The van der Waals surface area contributed by atoms with Gasteiger partial charge in [-0.25, -0.2) is 9.67 Å². The molecule has 0 aliphatic heterocycles. The van der Waals surface area contributed by atoms with Crippen LogP contribution in [0.25, 0.3) is 0 Å². The van der Waals surface area contributed by atoms with Crippen molar-refractivity contribution >= 4 is 5.78 Å². The number of aryl methyl sites for hydroxylation is 1. The number of nitrogens with zero attached hydrogens (tertiary/aromatic N) is 3. The minimum Gasteiger partial charge on any atom is -0.299 e. The molecule has 1 atom stereocenters. The maximum absolute atomic E-state index is 12.2. The first kappa shape index (κ1) is 11.1. The van der Waals surface area contributed by atoms with Crippen LogP contribution in [0.3, 0.4) is 0 Å². The molecule has 18 heavy (non-hydrogen) atoms. The average Bonchev–Trinajstić information content (AvgIpc) is 2.78. The van der Waals surface area contributed by atoms with E-state index in [1.165, 1.54) is 17.5 Å². The topological polar surface area (TPSA) is 47.8 Å². The van der Waals surface area contributed by atoms with Crippen LogP contribution in [-0.4, -0.2) is 20.5 Å². The molecule has 1 heterocycles. The summed E-state index contributed by atoms with van der Waals surface area (Å²) >= 11 is 0. The summed E-state index contributed by atoms with van der Waals surface area (Å²) in [7, 11) is 0. The van der Waals surface area contributed by atoms with Gasteiger partial charge in [0.05, 0.1) is 6.42 Å². The number of fused-ring (bicyclic) bond motifs is 1. The summed E-state index contributed by atoms with van der Waals surface area (Å²) in [5, 5.41) is 4.09. The van der Waals surface area contributed by atoms with Gasteiger partial charge < -0.3 is 0 Å². The molecule has 0 bridgehead atoms. The standard InChI is InChI=1S/C14H15N3O/c1-2-17-14(15-9-16-17)8-13(18)12-7-10-5-3-4-6-11(10)12/h3-6,9,12H,2,7-8H2,1H3. The molecule has 0 N–H and O–H groups in total. The number of carbonyl (C=O) groups excluding carboxylic acids is 1. The largest absolute Gasteiger partial charge is 0.299 e. The first-order valence-electron chi connectivity index (χ1n) is 6.26. The zero-order chi connectivity index (χ0) is 12.5. The van der Waals surface area contributed by atoms with E-state index in [2.05, 4.69) is 16.1 Å². The Bertz CT molecular complexity index is 588. The van der Waals surface area contributed by atoms with Gasteiger partial charge in [-0.3, -0.25) is 4.79 Å². The molecule has 1 aromatic heterocycles. The van der Waals surface area contributed by atoms with Gasteiger partial charge in [0.1, 0.15) is 17.9 Å². The summed E-state index contributed by atoms with van der Waals surface area (Å²) in [5.41, 5.74) is 2.48. The van der Waals surface area contributed by atoms with E-state index >= 15 is 0 Å². The third kappa shape index (κ3) is 1.74. The predicted octanol–water partition coefficient (Wildman–Crippen LogP) is 1.75. The molecule has 1 aliphatic rings. The number of hydrogen-bond donors (Lipinski definition) is 0. The lowest BCUT2D eigenvalue weighted by Crippen LogP contribution is -2.27. The summed E-state index contributed by atoms with van der Waals surface area (Å²) < 4.78 is 1.78. The first-order valence-corrected chi connectivity index (χ1v) is 6.26. The van der Waals surface area contributed by atoms with Gasteiger partial charge in [-0.1, -0.05) is 24.3 Å². The van der Waals surface area contributed by atoms with E-state index in [4.69, 9.17) is 0 Å². The van der Waals surface area contributed by atoms with Crippen LogP contribution >= 0.6 is 0 Å². The molecule has 3 rings (SSSR count). The Morgan fingerprint density at radius 1 is 1.44 bits per heavy atom. The highest BCUT2D eigenvalue weighted by Crippen LogP contribution is 2.35. The van der Waals surface area contributed by atoms with Gasteiger partial charge in [0.2, 0.25) is 0 Å². The van der Waals surface area contributed by atoms with Crippen LogP contribution in [0.15, 0.2) is 30.6 Å². The minimum absolute atomic E-state index is 0.0585. The number of Topliss-reactive ketones (excluding diaryl/α,β-unsaturated/α-hetero) is 1. The molecule has 4 heteroatoms. The normalized spacial score (nSPS) is 17.1. The third-order valence-electron chi connectivity index (χ3n) is 3.57. The van der Waals surface area contributed by atoms with E-state index < -0.39 is 0 Å². The molecule has 0 radical (unpaired) electrons. The Kier molecular flexibility index (Phi) is 2.70. The number of hydrogen-bond acceptors (Lipinski definition) is 3. The van der Waals surface area contributed by atoms with Gasteiger partial charge in [-0.2, -0.15) is 5.10 Å². The van der Waals surface area contributed by atoms with E-state index in [1.54, 1.807) is 4.68 Å². The van der Waals surface area contributed by atoms with Crippen LogP contribution in [0, 0.1) is 0 Å². The predicted molar refractivity (Wildman–Crippen MR) is 67.3 cm³/mol.